The molecule has 272 valence electrons. The SMILES string of the molecule is CCc1cc2c(c(-c3ccc(C(C)(C)C)cc3)c1C)C=C(C)[CH]2[Zr]([CH3])([CH3])(=[SiH2])[CH]1C(C(C)C)=Cc2c(-c3ccc(C(C)(C)C)cc3)cccc21.Cl.Cl. The van der Waals surface area contributed by atoms with E-state index in [1.54, 1.807) is 22.3 Å². The molecule has 4 aromatic rings. The van der Waals surface area contributed by atoms with Gasteiger partial charge in [-0.2, -0.15) is 0 Å². The molecule has 2 unspecified atom stereocenters. The third kappa shape index (κ3) is 7.31. The van der Waals surface area contributed by atoms with Gasteiger partial charge in [-0.15, -0.1) is 24.8 Å². The van der Waals surface area contributed by atoms with Crippen LogP contribution < -0.4 is 0 Å². The van der Waals surface area contributed by atoms with Crippen LogP contribution in [0.2, 0.25) is 9.26 Å². The minimum atomic E-state index is -3.74. The number of hydrogen-bond acceptors (Lipinski definition) is 0. The average molecular weight is 817 g/mol. The van der Waals surface area contributed by atoms with E-state index in [4.69, 9.17) is 0 Å². The van der Waals surface area contributed by atoms with E-state index in [2.05, 4.69) is 177 Å². The van der Waals surface area contributed by atoms with E-state index in [-0.39, 0.29) is 35.6 Å². The molecule has 4 heteroatoms. The first kappa shape index (κ1) is 41.8. The molecule has 0 heterocycles. The Labute approximate surface area is 325 Å². The van der Waals surface area contributed by atoms with Gasteiger partial charge in [0.2, 0.25) is 0 Å². The first-order chi connectivity index (χ1) is 22.7. The van der Waals surface area contributed by atoms with Crippen LogP contribution in [0.15, 0.2) is 83.9 Å². The van der Waals surface area contributed by atoms with Gasteiger partial charge in [0.15, 0.2) is 0 Å². The Morgan fingerprint density at radius 1 is 0.686 bits per heavy atom. The standard InChI is InChI=1S/C23H27.C22H25.2CH3.2ClH.H2Si.Zr/c1-7-17-14-19-12-15(2)13-21(19)22(16(17)3)18-8-10-20(11-9-18)23(4,5)6;1-15(2)18-13-17-7-6-8-20(21(17)14-18)16-9-11-19(12-10-16)22(3,4)5;;;;;;/h8-14H,7H2,1-6H3;6-15H,1-5H3;2*1H3;2*1H;1H2;. The van der Waals surface area contributed by atoms with E-state index in [1.807, 2.05) is 0 Å². The third-order valence-corrected chi connectivity index (χ3v) is 29.7. The molecular weight excluding hydrogens is 755 g/mol. The van der Waals surface area contributed by atoms with Gasteiger partial charge in [0, 0.05) is 0 Å². The van der Waals surface area contributed by atoms with Crippen molar-refractivity contribution in [3.63, 3.8) is 0 Å². The summed E-state index contributed by atoms with van der Waals surface area (Å²) in [6.45, 7) is 28.3. The smallest absolute Gasteiger partial charge is 0.147 e. The second-order valence-corrected chi connectivity index (χ2v) is 49.3. The average Bonchev–Trinajstić information content (AvgIpc) is 3.59. The van der Waals surface area contributed by atoms with Crippen molar-refractivity contribution < 1.29 is 17.4 Å². The maximum absolute atomic E-state index is 3.74. The molecule has 0 saturated carbocycles. The van der Waals surface area contributed by atoms with Gasteiger partial charge in [0.05, 0.1) is 0 Å². The number of allylic oxidation sites excluding steroid dienone is 2. The van der Waals surface area contributed by atoms with E-state index >= 15 is 0 Å². The van der Waals surface area contributed by atoms with Crippen molar-refractivity contribution in [1.29, 1.82) is 0 Å². The van der Waals surface area contributed by atoms with Crippen LogP contribution in [0.5, 0.6) is 0 Å². The fourth-order valence-electron chi connectivity index (χ4n) is 9.52. The molecule has 0 saturated heterocycles. The summed E-state index contributed by atoms with van der Waals surface area (Å²) in [5.74, 6) is 0.497. The summed E-state index contributed by atoms with van der Waals surface area (Å²) in [5, 5.41) is 0. The zero-order valence-corrected chi connectivity index (χ0v) is 39.1. The summed E-state index contributed by atoms with van der Waals surface area (Å²) in [6, 6.07) is 28.7. The van der Waals surface area contributed by atoms with Crippen molar-refractivity contribution in [2.45, 2.75) is 110 Å². The Bertz CT molecular complexity index is 2070. The fraction of sp³-hybridized carbons (Fsp3) is 0.404. The normalized spacial score (nSPS) is 17.3. The van der Waals surface area contributed by atoms with E-state index in [9.17, 15) is 0 Å². The maximum atomic E-state index is 2.79. The van der Waals surface area contributed by atoms with Crippen LogP contribution in [-0.2, 0) is 34.6 Å². The van der Waals surface area contributed by atoms with Gasteiger partial charge < -0.3 is 0 Å². The molecule has 51 heavy (non-hydrogen) atoms. The van der Waals surface area contributed by atoms with E-state index in [0.29, 0.717) is 13.2 Å². The van der Waals surface area contributed by atoms with Gasteiger partial charge in [-0.25, -0.2) is 0 Å². The van der Waals surface area contributed by atoms with Gasteiger partial charge in [-0.1, -0.05) is 0 Å². The van der Waals surface area contributed by atoms with Gasteiger partial charge in [0.1, 0.15) is 0 Å². The molecular formula is C47H62Cl2SiZr. The molecule has 0 bridgehead atoms. The summed E-state index contributed by atoms with van der Waals surface area (Å²) in [6.07, 6.45) is 6.27. The first-order valence-electron chi connectivity index (χ1n) is 18.7. The van der Waals surface area contributed by atoms with Crippen LogP contribution in [0, 0.1) is 12.8 Å². The molecule has 0 radical (unpaired) electrons. The number of rotatable bonds is 6. The predicted molar refractivity (Wildman–Crippen MR) is 232 cm³/mol. The van der Waals surface area contributed by atoms with Gasteiger partial charge in [-0.3, -0.25) is 0 Å². The second kappa shape index (κ2) is 14.4. The van der Waals surface area contributed by atoms with E-state index in [0.717, 1.165) is 6.42 Å². The number of aryl methyl sites for hydroxylation is 1. The van der Waals surface area contributed by atoms with Crippen LogP contribution in [0.4, 0.5) is 0 Å². The van der Waals surface area contributed by atoms with Crippen molar-refractivity contribution in [2.75, 3.05) is 0 Å². The molecule has 0 N–H and O–H groups in total. The van der Waals surface area contributed by atoms with Crippen LogP contribution in [-0.4, -0.2) is 6.88 Å². The summed E-state index contributed by atoms with van der Waals surface area (Å²) < 4.78 is 6.59. The number of benzene rings is 4. The molecule has 0 fully saturated rings. The fourth-order valence-corrected chi connectivity index (χ4v) is 30.1. The number of hydrogen-bond donors (Lipinski definition) is 0. The van der Waals surface area contributed by atoms with E-state index in [1.165, 1.54) is 55.6 Å². The largest absolute Gasteiger partial charge is 0.147 e. The molecule has 0 aliphatic heterocycles. The molecule has 0 spiro atoms. The van der Waals surface area contributed by atoms with Gasteiger partial charge in [0.25, 0.3) is 0 Å². The second-order valence-electron chi connectivity index (χ2n) is 18.8. The quantitative estimate of drug-likeness (QED) is 0.170. The molecule has 0 aromatic heterocycles. The number of halogens is 2. The minimum absolute atomic E-state index is 0. The Kier molecular flexibility index (Phi) is 11.8. The molecule has 6 rings (SSSR count). The van der Waals surface area contributed by atoms with Crippen molar-refractivity contribution in [3.8, 4) is 22.3 Å². The van der Waals surface area contributed by atoms with Crippen LogP contribution in [0.25, 0.3) is 34.4 Å². The maximum Gasteiger partial charge on any atom is -0.147 e. The van der Waals surface area contributed by atoms with Crippen molar-refractivity contribution in [3.05, 3.63) is 128 Å². The molecule has 2 atom stereocenters. The molecule has 2 aliphatic carbocycles. The van der Waals surface area contributed by atoms with Crippen LogP contribution in [0.1, 0.15) is 121 Å². The molecule has 0 amide bonds. The van der Waals surface area contributed by atoms with Crippen molar-refractivity contribution in [2.24, 2.45) is 5.92 Å². The minimum Gasteiger partial charge on any atom is -0.147 e. The zero-order chi connectivity index (χ0) is 35.9. The molecule has 2 aliphatic rings. The third-order valence-electron chi connectivity index (χ3n) is 12.0. The molecule has 0 nitrogen and oxygen atoms in total. The summed E-state index contributed by atoms with van der Waals surface area (Å²) in [5.41, 5.74) is 20.9. The van der Waals surface area contributed by atoms with Crippen molar-refractivity contribution in [1.82, 2.24) is 0 Å². The van der Waals surface area contributed by atoms with Gasteiger partial charge in [-0.05, 0) is 0 Å². The number of fused-ring (bicyclic) bond motifs is 2. The Balaban J connectivity index is 0.00000292. The van der Waals surface area contributed by atoms with Crippen LogP contribution in [0.3, 0.4) is 0 Å². The Morgan fingerprint density at radius 2 is 1.22 bits per heavy atom. The van der Waals surface area contributed by atoms with E-state index < -0.39 is 17.4 Å². The van der Waals surface area contributed by atoms with Crippen molar-refractivity contribution >= 4 is 43.8 Å². The summed E-state index contributed by atoms with van der Waals surface area (Å²) in [7, 11) is 0. The first-order valence-corrected chi connectivity index (χ1v) is 32.4. The Hall–Kier alpha value is -1.96. The van der Waals surface area contributed by atoms with Gasteiger partial charge >= 0.3 is 303 Å². The zero-order valence-electron chi connectivity index (χ0n) is 33.5. The Morgan fingerprint density at radius 3 is 1.71 bits per heavy atom. The predicted octanol–water partition coefficient (Wildman–Crippen LogP) is 13.9. The topological polar surface area (TPSA) is 0 Å². The summed E-state index contributed by atoms with van der Waals surface area (Å²) >= 11 is -3.74. The van der Waals surface area contributed by atoms with Crippen LogP contribution >= 0.6 is 24.8 Å². The molecule has 4 aromatic carbocycles. The monoisotopic (exact) mass is 814 g/mol. The summed E-state index contributed by atoms with van der Waals surface area (Å²) in [4.78, 5) is 0.